The van der Waals surface area contributed by atoms with Crippen molar-refractivity contribution in [2.75, 3.05) is 26.8 Å². The second kappa shape index (κ2) is 8.55. The molecule has 0 atom stereocenters. The Bertz CT molecular complexity index is 421. The van der Waals surface area contributed by atoms with Crippen LogP contribution < -0.4 is 10.1 Å². The molecule has 1 amide bonds. The normalized spacial score (nSPS) is 10.7. The summed E-state index contributed by atoms with van der Waals surface area (Å²) in [5, 5.41) is 12.2. The van der Waals surface area contributed by atoms with Crippen molar-refractivity contribution in [3.05, 3.63) is 29.8 Å². The molecule has 0 aliphatic heterocycles. The van der Waals surface area contributed by atoms with E-state index in [0.717, 1.165) is 11.3 Å². The summed E-state index contributed by atoms with van der Waals surface area (Å²) in [6.45, 7) is 4.95. The Hall–Kier alpha value is -1.59. The lowest BCUT2D eigenvalue weighted by molar-refractivity contribution is -0.131. The van der Waals surface area contributed by atoms with E-state index in [0.29, 0.717) is 13.1 Å². The number of rotatable bonds is 8. The lowest BCUT2D eigenvalue weighted by Crippen LogP contribution is -2.41. The van der Waals surface area contributed by atoms with Gasteiger partial charge >= 0.3 is 0 Å². The molecule has 5 heteroatoms. The number of hydrogen-bond acceptors (Lipinski definition) is 4. The zero-order valence-corrected chi connectivity index (χ0v) is 12.4. The molecule has 0 bridgehead atoms. The minimum absolute atomic E-state index is 0.0290. The summed E-state index contributed by atoms with van der Waals surface area (Å²) < 4.78 is 5.29. The van der Waals surface area contributed by atoms with Gasteiger partial charge in [0.1, 0.15) is 5.75 Å². The summed E-state index contributed by atoms with van der Waals surface area (Å²) in [7, 11) is 1.61. The number of hydrogen-bond donors (Lipinski definition) is 2. The van der Waals surface area contributed by atoms with Crippen molar-refractivity contribution in [1.82, 2.24) is 10.2 Å². The molecule has 2 N–H and O–H groups in total. The zero-order chi connectivity index (χ0) is 15.0. The Morgan fingerprint density at radius 2 is 2.10 bits per heavy atom. The third-order valence-corrected chi connectivity index (χ3v) is 2.94. The van der Waals surface area contributed by atoms with Crippen LogP contribution in [0, 0.1) is 0 Å². The van der Waals surface area contributed by atoms with Crippen LogP contribution in [-0.2, 0) is 11.3 Å². The Kier molecular flexibility index (Phi) is 7.04. The van der Waals surface area contributed by atoms with Gasteiger partial charge in [0.25, 0.3) is 0 Å². The van der Waals surface area contributed by atoms with Gasteiger partial charge in [0.05, 0.1) is 20.3 Å². The van der Waals surface area contributed by atoms with Gasteiger partial charge in [-0.2, -0.15) is 0 Å². The smallest absolute Gasteiger partial charge is 0.236 e. The zero-order valence-electron chi connectivity index (χ0n) is 12.4. The SMILES string of the molecule is COc1ccccc1CN(CCO)C(=O)CNC(C)C. The Morgan fingerprint density at radius 1 is 1.40 bits per heavy atom. The molecule has 112 valence electrons. The number of amides is 1. The summed E-state index contributed by atoms with van der Waals surface area (Å²) in [6, 6.07) is 7.84. The standard InChI is InChI=1S/C15H24N2O3/c1-12(2)16-10-15(19)17(8-9-18)11-13-6-4-5-7-14(13)20-3/h4-7,12,16,18H,8-11H2,1-3H3. The molecule has 0 heterocycles. The van der Waals surface area contributed by atoms with Gasteiger partial charge in [-0.05, 0) is 6.07 Å². The lowest BCUT2D eigenvalue weighted by atomic mass is 10.2. The van der Waals surface area contributed by atoms with Gasteiger partial charge in [-0.1, -0.05) is 32.0 Å². The molecular formula is C15H24N2O3. The quantitative estimate of drug-likeness (QED) is 0.746. The van der Waals surface area contributed by atoms with Gasteiger partial charge in [-0.15, -0.1) is 0 Å². The van der Waals surface area contributed by atoms with Gasteiger partial charge in [0, 0.05) is 24.7 Å². The predicted molar refractivity (Wildman–Crippen MR) is 78.6 cm³/mol. The summed E-state index contributed by atoms with van der Waals surface area (Å²) in [6.07, 6.45) is 0. The predicted octanol–water partition coefficient (Wildman–Crippen LogP) is 1.01. The van der Waals surface area contributed by atoms with Crippen molar-refractivity contribution in [1.29, 1.82) is 0 Å². The number of aliphatic hydroxyl groups is 1. The fraction of sp³-hybridized carbons (Fsp3) is 0.533. The van der Waals surface area contributed by atoms with Crippen LogP contribution in [0.4, 0.5) is 0 Å². The fourth-order valence-electron chi connectivity index (χ4n) is 1.86. The van der Waals surface area contributed by atoms with E-state index in [-0.39, 0.29) is 25.1 Å². The number of nitrogens with zero attached hydrogens (tertiary/aromatic N) is 1. The van der Waals surface area contributed by atoms with Crippen molar-refractivity contribution in [3.63, 3.8) is 0 Å². The van der Waals surface area contributed by atoms with E-state index in [9.17, 15) is 4.79 Å². The fourth-order valence-corrected chi connectivity index (χ4v) is 1.86. The summed E-state index contributed by atoms with van der Waals surface area (Å²) in [4.78, 5) is 13.8. The van der Waals surface area contributed by atoms with Gasteiger partial charge in [0.15, 0.2) is 0 Å². The van der Waals surface area contributed by atoms with Crippen LogP contribution in [0.15, 0.2) is 24.3 Å². The molecule has 0 radical (unpaired) electrons. The molecular weight excluding hydrogens is 256 g/mol. The molecule has 0 aliphatic rings. The van der Waals surface area contributed by atoms with E-state index in [1.54, 1.807) is 12.0 Å². The number of carbonyl (C=O) groups is 1. The van der Waals surface area contributed by atoms with Crippen molar-refractivity contribution < 1.29 is 14.6 Å². The van der Waals surface area contributed by atoms with Crippen molar-refractivity contribution >= 4 is 5.91 Å². The first-order valence-corrected chi connectivity index (χ1v) is 6.82. The maximum Gasteiger partial charge on any atom is 0.236 e. The molecule has 5 nitrogen and oxygen atoms in total. The van der Waals surface area contributed by atoms with Crippen molar-refractivity contribution in [3.8, 4) is 5.75 Å². The van der Waals surface area contributed by atoms with Gasteiger partial charge in [-0.3, -0.25) is 4.79 Å². The van der Waals surface area contributed by atoms with Crippen molar-refractivity contribution in [2.45, 2.75) is 26.4 Å². The number of aliphatic hydroxyl groups excluding tert-OH is 1. The van der Waals surface area contributed by atoms with Crippen molar-refractivity contribution in [2.24, 2.45) is 0 Å². The summed E-state index contributed by atoms with van der Waals surface area (Å²) in [5.74, 6) is 0.721. The number of benzene rings is 1. The second-order valence-electron chi connectivity index (χ2n) is 4.89. The molecule has 0 aliphatic carbocycles. The van der Waals surface area contributed by atoms with Crippen LogP contribution in [0.2, 0.25) is 0 Å². The molecule has 1 aromatic carbocycles. The average molecular weight is 280 g/mol. The van der Waals surface area contributed by atoms with E-state index < -0.39 is 0 Å². The van der Waals surface area contributed by atoms with Crippen LogP contribution in [0.5, 0.6) is 5.75 Å². The van der Waals surface area contributed by atoms with E-state index in [1.807, 2.05) is 38.1 Å². The van der Waals surface area contributed by atoms with Gasteiger partial charge in [-0.25, -0.2) is 0 Å². The maximum atomic E-state index is 12.2. The first-order valence-electron chi connectivity index (χ1n) is 6.82. The summed E-state index contributed by atoms with van der Waals surface area (Å²) >= 11 is 0. The number of ether oxygens (including phenoxy) is 1. The van der Waals surface area contributed by atoms with E-state index >= 15 is 0 Å². The highest BCUT2D eigenvalue weighted by atomic mass is 16.5. The molecule has 0 saturated carbocycles. The highest BCUT2D eigenvalue weighted by molar-refractivity contribution is 5.78. The third kappa shape index (κ3) is 5.19. The molecule has 0 spiro atoms. The highest BCUT2D eigenvalue weighted by Crippen LogP contribution is 2.19. The topological polar surface area (TPSA) is 61.8 Å². The largest absolute Gasteiger partial charge is 0.496 e. The van der Waals surface area contributed by atoms with Crippen LogP contribution in [0.3, 0.4) is 0 Å². The molecule has 1 rings (SSSR count). The van der Waals surface area contributed by atoms with E-state index in [1.165, 1.54) is 0 Å². The van der Waals surface area contributed by atoms with Gasteiger partial charge in [0.2, 0.25) is 5.91 Å². The monoisotopic (exact) mass is 280 g/mol. The number of para-hydroxylation sites is 1. The summed E-state index contributed by atoms with van der Waals surface area (Å²) in [5.41, 5.74) is 0.932. The van der Waals surface area contributed by atoms with Crippen LogP contribution in [0.1, 0.15) is 19.4 Å². The molecule has 0 fully saturated rings. The molecule has 1 aromatic rings. The molecule has 0 saturated heterocycles. The van der Waals surface area contributed by atoms with E-state index in [4.69, 9.17) is 9.84 Å². The number of methoxy groups -OCH3 is 1. The molecule has 20 heavy (non-hydrogen) atoms. The van der Waals surface area contributed by atoms with Crippen LogP contribution >= 0.6 is 0 Å². The second-order valence-corrected chi connectivity index (χ2v) is 4.89. The first kappa shape index (κ1) is 16.5. The molecule has 0 unspecified atom stereocenters. The first-order chi connectivity index (χ1) is 9.58. The molecule has 0 aromatic heterocycles. The van der Waals surface area contributed by atoms with Crippen LogP contribution in [-0.4, -0.2) is 48.8 Å². The average Bonchev–Trinajstić information content (AvgIpc) is 2.44. The number of nitrogens with one attached hydrogen (secondary N) is 1. The number of carbonyl (C=O) groups excluding carboxylic acids is 1. The Morgan fingerprint density at radius 3 is 2.70 bits per heavy atom. The minimum atomic E-state index is -0.0530. The maximum absolute atomic E-state index is 12.2. The van der Waals surface area contributed by atoms with Crippen LogP contribution in [0.25, 0.3) is 0 Å². The Labute approximate surface area is 120 Å². The minimum Gasteiger partial charge on any atom is -0.496 e. The highest BCUT2D eigenvalue weighted by Gasteiger charge is 2.15. The Balaban J connectivity index is 2.73. The lowest BCUT2D eigenvalue weighted by Gasteiger charge is -2.23. The van der Waals surface area contributed by atoms with Gasteiger partial charge < -0.3 is 20.1 Å². The third-order valence-electron chi connectivity index (χ3n) is 2.94. The van der Waals surface area contributed by atoms with E-state index in [2.05, 4.69) is 5.32 Å².